The largest absolute Gasteiger partial charge is 0.508 e. The number of aliphatic imine (C=N–C) groups is 1. The number of rotatable bonds is 6. The smallest absolute Gasteiger partial charge is 0.344 e. The van der Waals surface area contributed by atoms with E-state index in [9.17, 15) is 15.0 Å². The molecule has 0 aliphatic carbocycles. The number of aliphatic hydroxyl groups excluding tert-OH is 1. The molecule has 2 N–H and O–H groups in total. The summed E-state index contributed by atoms with van der Waals surface area (Å²) in [6.07, 6.45) is 1.64. The van der Waals surface area contributed by atoms with Crippen LogP contribution in [0.3, 0.4) is 0 Å². The van der Waals surface area contributed by atoms with E-state index in [1.54, 1.807) is 30.3 Å². The van der Waals surface area contributed by atoms with Gasteiger partial charge in [0.25, 0.3) is 0 Å². The van der Waals surface area contributed by atoms with Gasteiger partial charge < -0.3 is 29.2 Å². The maximum Gasteiger partial charge on any atom is 0.344 e. The van der Waals surface area contributed by atoms with Crippen molar-refractivity contribution in [3.05, 3.63) is 58.2 Å². The second kappa shape index (κ2) is 9.48. The minimum atomic E-state index is -0.717. The minimum absolute atomic E-state index is 0.0452. The van der Waals surface area contributed by atoms with E-state index in [-0.39, 0.29) is 22.1 Å². The van der Waals surface area contributed by atoms with Gasteiger partial charge in [0.2, 0.25) is 0 Å². The van der Waals surface area contributed by atoms with Gasteiger partial charge in [0.1, 0.15) is 27.9 Å². The molecule has 0 unspecified atom stereocenters. The Hall–Kier alpha value is -3.59. The number of hydrogen-bond acceptors (Lipinski definition) is 9. The van der Waals surface area contributed by atoms with Gasteiger partial charge in [-0.05, 0) is 30.3 Å². The Morgan fingerprint density at radius 3 is 2.29 bits per heavy atom. The number of methoxy groups -OCH3 is 4. The van der Waals surface area contributed by atoms with E-state index in [0.717, 1.165) is 11.8 Å². The molecule has 3 rings (SSSR count). The summed E-state index contributed by atoms with van der Waals surface area (Å²) in [5.74, 6) is 0.493. The van der Waals surface area contributed by atoms with Gasteiger partial charge >= 0.3 is 5.97 Å². The predicted octanol–water partition coefficient (Wildman–Crippen LogP) is 4.22. The first kappa shape index (κ1) is 22.1. The van der Waals surface area contributed by atoms with Crippen molar-refractivity contribution >= 4 is 34.5 Å². The second-order valence-corrected chi connectivity index (χ2v) is 7.24. The van der Waals surface area contributed by atoms with Gasteiger partial charge in [-0.3, -0.25) is 0 Å². The Morgan fingerprint density at radius 1 is 0.935 bits per heavy atom. The van der Waals surface area contributed by atoms with Crippen molar-refractivity contribution in [1.29, 1.82) is 0 Å². The zero-order valence-electron chi connectivity index (χ0n) is 17.3. The molecule has 0 bridgehead atoms. The van der Waals surface area contributed by atoms with Crippen LogP contribution in [0.25, 0.3) is 6.08 Å². The number of nitrogens with zero attached hydrogens (tertiary/aromatic N) is 1. The van der Waals surface area contributed by atoms with Crippen LogP contribution in [-0.4, -0.2) is 49.7 Å². The molecular weight excluding hydrogens is 422 g/mol. The Labute approximate surface area is 183 Å². The summed E-state index contributed by atoms with van der Waals surface area (Å²) in [7, 11) is 5.74. The third-order valence-electron chi connectivity index (χ3n) is 4.38. The van der Waals surface area contributed by atoms with Crippen molar-refractivity contribution in [3.63, 3.8) is 0 Å². The summed E-state index contributed by atoms with van der Waals surface area (Å²) in [6, 6.07) is 9.63. The van der Waals surface area contributed by atoms with Crippen LogP contribution >= 0.6 is 11.8 Å². The third-order valence-corrected chi connectivity index (χ3v) is 5.40. The van der Waals surface area contributed by atoms with E-state index in [4.69, 9.17) is 18.9 Å². The maximum absolute atomic E-state index is 12.4. The lowest BCUT2D eigenvalue weighted by atomic mass is 10.1. The first-order valence-electron chi connectivity index (χ1n) is 9.01. The summed E-state index contributed by atoms with van der Waals surface area (Å²) in [5, 5.41) is 20.6. The average Bonchev–Trinajstić information content (AvgIpc) is 3.08. The van der Waals surface area contributed by atoms with Crippen molar-refractivity contribution in [2.45, 2.75) is 0 Å². The van der Waals surface area contributed by atoms with Crippen molar-refractivity contribution in [1.82, 2.24) is 0 Å². The number of ether oxygens (including phenoxy) is 4. The fourth-order valence-electron chi connectivity index (χ4n) is 2.86. The van der Waals surface area contributed by atoms with Crippen LogP contribution in [-0.2, 0) is 9.53 Å². The molecule has 2 aromatic rings. The van der Waals surface area contributed by atoms with Crippen LogP contribution in [0.5, 0.6) is 23.0 Å². The Bertz CT molecular complexity index is 1110. The molecule has 9 heteroatoms. The number of aromatic hydroxyl groups is 1. The molecule has 0 aromatic heterocycles. The van der Waals surface area contributed by atoms with Crippen LogP contribution in [0.15, 0.2) is 57.6 Å². The van der Waals surface area contributed by atoms with Crippen LogP contribution < -0.4 is 14.2 Å². The average molecular weight is 443 g/mol. The van der Waals surface area contributed by atoms with E-state index < -0.39 is 5.97 Å². The molecule has 0 saturated heterocycles. The molecule has 2 aromatic carbocycles. The molecule has 1 aliphatic rings. The predicted molar refractivity (Wildman–Crippen MR) is 119 cm³/mol. The normalized spacial score (nSPS) is 16.0. The van der Waals surface area contributed by atoms with Gasteiger partial charge in [0.05, 0.1) is 39.0 Å². The van der Waals surface area contributed by atoms with Crippen LogP contribution in [0, 0.1) is 0 Å². The lowest BCUT2D eigenvalue weighted by Crippen LogP contribution is -2.10. The van der Waals surface area contributed by atoms with Crippen LogP contribution in [0.1, 0.15) is 5.56 Å². The van der Waals surface area contributed by atoms with Gasteiger partial charge in [-0.25, -0.2) is 9.79 Å². The zero-order chi connectivity index (χ0) is 22.5. The molecule has 0 atom stereocenters. The fraction of sp³-hybridized carbons (Fsp3) is 0.182. The van der Waals surface area contributed by atoms with E-state index in [2.05, 4.69) is 4.99 Å². The van der Waals surface area contributed by atoms with Crippen molar-refractivity contribution in [2.75, 3.05) is 28.4 Å². The Balaban J connectivity index is 2.07. The number of benzene rings is 2. The number of carbonyl (C=O) groups excluding carboxylic acids is 1. The zero-order valence-corrected chi connectivity index (χ0v) is 18.1. The second-order valence-electron chi connectivity index (χ2n) is 6.21. The fourth-order valence-corrected chi connectivity index (χ4v) is 3.89. The number of aliphatic hydroxyl groups is 1. The minimum Gasteiger partial charge on any atom is -0.508 e. The van der Waals surface area contributed by atoms with Crippen molar-refractivity contribution in [2.24, 2.45) is 4.99 Å². The first-order valence-corrected chi connectivity index (χ1v) is 9.83. The molecule has 8 nitrogen and oxygen atoms in total. The van der Waals surface area contributed by atoms with Crippen LogP contribution in [0.2, 0.25) is 0 Å². The van der Waals surface area contributed by atoms with Gasteiger partial charge in [0.15, 0.2) is 11.5 Å². The summed E-state index contributed by atoms with van der Waals surface area (Å²) in [5.41, 5.74) is 1.05. The standard InChI is InChI=1S/C22H21NO7S/c1-27-15-8-6-13(10-17(15)29-3)23-21-19(22(26)30-4)20(25)18(31-21)9-12-5-7-14(24)11-16(12)28-2/h5-11,24-25H,1-4H3/b18-9+,23-21?. The number of thioether (sulfide) groups is 1. The van der Waals surface area contributed by atoms with Crippen LogP contribution in [0.4, 0.5) is 5.69 Å². The van der Waals surface area contributed by atoms with Gasteiger partial charge in [0, 0.05) is 17.7 Å². The number of phenols is 1. The van der Waals surface area contributed by atoms with E-state index >= 15 is 0 Å². The Morgan fingerprint density at radius 2 is 1.65 bits per heavy atom. The van der Waals surface area contributed by atoms with Gasteiger partial charge in [-0.15, -0.1) is 0 Å². The van der Waals surface area contributed by atoms with E-state index in [1.165, 1.54) is 40.6 Å². The first-order chi connectivity index (χ1) is 14.9. The van der Waals surface area contributed by atoms with Crippen molar-refractivity contribution in [3.8, 4) is 23.0 Å². The molecule has 1 aliphatic heterocycles. The van der Waals surface area contributed by atoms with E-state index in [0.29, 0.717) is 33.4 Å². The number of carbonyl (C=O) groups is 1. The molecule has 31 heavy (non-hydrogen) atoms. The highest BCUT2D eigenvalue weighted by molar-refractivity contribution is 8.18. The third kappa shape index (κ3) is 4.61. The molecule has 162 valence electrons. The molecular formula is C22H21NO7S. The highest BCUT2D eigenvalue weighted by Gasteiger charge is 2.33. The van der Waals surface area contributed by atoms with Crippen molar-refractivity contribution < 1.29 is 34.0 Å². The maximum atomic E-state index is 12.4. The quantitative estimate of drug-likeness (QED) is 0.639. The number of esters is 1. The van der Waals surface area contributed by atoms with Gasteiger partial charge in [-0.1, -0.05) is 11.8 Å². The lowest BCUT2D eigenvalue weighted by molar-refractivity contribution is -0.135. The summed E-state index contributed by atoms with van der Waals surface area (Å²) in [4.78, 5) is 17.2. The van der Waals surface area contributed by atoms with E-state index in [1.807, 2.05) is 0 Å². The van der Waals surface area contributed by atoms with Gasteiger partial charge in [-0.2, -0.15) is 0 Å². The highest BCUT2D eigenvalue weighted by Crippen LogP contribution is 2.42. The Kier molecular flexibility index (Phi) is 6.76. The summed E-state index contributed by atoms with van der Waals surface area (Å²) >= 11 is 1.10. The molecule has 0 saturated carbocycles. The SMILES string of the molecule is COC(=O)C1=C(O)/C(=C\c2ccc(O)cc2OC)SC1=Nc1ccc(OC)c(OC)c1. The molecule has 0 radical (unpaired) electrons. The molecule has 0 fully saturated rings. The number of hydrogen-bond donors (Lipinski definition) is 2. The monoisotopic (exact) mass is 443 g/mol. The summed E-state index contributed by atoms with van der Waals surface area (Å²) < 4.78 is 20.6. The molecule has 1 heterocycles. The summed E-state index contributed by atoms with van der Waals surface area (Å²) in [6.45, 7) is 0. The topological polar surface area (TPSA) is 107 Å². The number of phenolic OH excluding ortho intramolecular Hbond substituents is 1. The molecule has 0 spiro atoms. The highest BCUT2D eigenvalue weighted by atomic mass is 32.2. The lowest BCUT2D eigenvalue weighted by Gasteiger charge is -2.08. The molecule has 0 amide bonds.